The molecule has 1 saturated heterocycles. The van der Waals surface area contributed by atoms with E-state index in [1.54, 1.807) is 23.1 Å². The Morgan fingerprint density at radius 2 is 1.86 bits per heavy atom. The number of hydrogen-bond acceptors (Lipinski definition) is 11. The summed E-state index contributed by atoms with van der Waals surface area (Å²) in [5.74, 6) is -0.524. The van der Waals surface area contributed by atoms with Crippen molar-refractivity contribution >= 4 is 48.6 Å². The standard InChI is InChI=1S/C20H21N9O5S2/c21-15(30)8-29-6-10(7-29)35(31,32)14-5-4-11(12-2-1-3-13-17(12)27-20(22)26-13)16(18(14)36(23,33)34)19-24-9-25-28-19/h1-5,10H,6-9H2,(H2,21,30)(H3,22,26,27)(H2,23,33,34). The zero-order chi connectivity index (χ0) is 25.8. The smallest absolute Gasteiger partial charge is 0.240 e. The molecule has 2 aliphatic rings. The number of benzene rings is 2. The lowest BCUT2D eigenvalue weighted by Crippen LogP contribution is -2.56. The number of likely N-dealkylation sites (tertiary alicyclic amines) is 1. The maximum Gasteiger partial charge on any atom is 0.240 e. The zero-order valence-corrected chi connectivity index (χ0v) is 20.3. The Balaban J connectivity index is 1.75. The number of azo groups is 1. The second-order valence-corrected chi connectivity index (χ2v) is 12.1. The van der Waals surface area contributed by atoms with Gasteiger partial charge in [-0.3, -0.25) is 9.69 Å². The molecule has 0 bridgehead atoms. The van der Waals surface area contributed by atoms with Crippen LogP contribution in [-0.4, -0.2) is 75.0 Å². The highest BCUT2D eigenvalue weighted by atomic mass is 32.2. The molecule has 3 aromatic rings. The third-order valence-corrected chi connectivity index (χ3v) is 9.20. The first-order valence-electron chi connectivity index (χ1n) is 10.6. The number of aromatic amines is 1. The normalized spacial score (nSPS) is 16.9. The summed E-state index contributed by atoms with van der Waals surface area (Å²) in [5, 5.41) is 12.4. The van der Waals surface area contributed by atoms with E-state index in [1.165, 1.54) is 12.1 Å². The van der Waals surface area contributed by atoms with Gasteiger partial charge >= 0.3 is 0 Å². The topological polar surface area (TPSA) is 232 Å². The summed E-state index contributed by atoms with van der Waals surface area (Å²) in [6, 6.07) is 7.80. The average molecular weight is 532 g/mol. The van der Waals surface area contributed by atoms with E-state index in [4.69, 9.17) is 16.6 Å². The molecule has 7 N–H and O–H groups in total. The Bertz CT molecular complexity index is 1690. The number of nitrogens with one attached hydrogen (secondary N) is 1. The summed E-state index contributed by atoms with van der Waals surface area (Å²) in [6.07, 6.45) is 0. The highest BCUT2D eigenvalue weighted by Gasteiger charge is 2.42. The van der Waals surface area contributed by atoms with E-state index in [0.29, 0.717) is 22.2 Å². The lowest BCUT2D eigenvalue weighted by Gasteiger charge is -2.38. The number of carbonyl (C=O) groups excluding carboxylic acids is 1. The van der Waals surface area contributed by atoms with E-state index >= 15 is 0 Å². The molecule has 2 aliphatic heterocycles. The van der Waals surface area contributed by atoms with Gasteiger partial charge in [0.25, 0.3) is 0 Å². The van der Waals surface area contributed by atoms with Crippen molar-refractivity contribution in [2.45, 2.75) is 15.0 Å². The molecule has 14 nitrogen and oxygen atoms in total. The number of fused-ring (bicyclic) bond motifs is 1. The highest BCUT2D eigenvalue weighted by Crippen LogP contribution is 2.39. The van der Waals surface area contributed by atoms with Gasteiger partial charge in [-0.1, -0.05) is 18.2 Å². The van der Waals surface area contributed by atoms with Gasteiger partial charge in [-0.15, -0.1) is 5.11 Å². The summed E-state index contributed by atoms with van der Waals surface area (Å²) >= 11 is 0. The Morgan fingerprint density at radius 1 is 1.11 bits per heavy atom. The van der Waals surface area contributed by atoms with Crippen LogP contribution in [0.15, 0.2) is 55.3 Å². The molecule has 0 saturated carbocycles. The van der Waals surface area contributed by atoms with Crippen molar-refractivity contribution in [2.24, 2.45) is 26.1 Å². The third-order valence-electron chi connectivity index (χ3n) is 5.95. The molecule has 0 unspecified atom stereocenters. The minimum absolute atomic E-state index is 0.0128. The number of primary sulfonamides is 1. The summed E-state index contributed by atoms with van der Waals surface area (Å²) in [5.41, 5.74) is 12.7. The molecular weight excluding hydrogens is 510 g/mol. The van der Waals surface area contributed by atoms with Crippen LogP contribution < -0.4 is 16.6 Å². The number of nitrogens with zero attached hydrogens (tertiary/aromatic N) is 5. The molecule has 0 aliphatic carbocycles. The zero-order valence-electron chi connectivity index (χ0n) is 18.6. The number of aromatic nitrogens is 2. The van der Waals surface area contributed by atoms with Gasteiger partial charge in [0.1, 0.15) is 4.90 Å². The van der Waals surface area contributed by atoms with Crippen molar-refractivity contribution in [1.82, 2.24) is 14.9 Å². The van der Waals surface area contributed by atoms with Crippen molar-refractivity contribution in [2.75, 3.05) is 32.0 Å². The molecule has 3 heterocycles. The number of carbonyl (C=O) groups is 1. The first-order chi connectivity index (χ1) is 17.0. The highest BCUT2D eigenvalue weighted by molar-refractivity contribution is 7.94. The Kier molecular flexibility index (Phi) is 5.62. The molecule has 1 fully saturated rings. The summed E-state index contributed by atoms with van der Waals surface area (Å²) in [4.78, 5) is 22.9. The number of sulfonamides is 1. The molecule has 2 aromatic carbocycles. The van der Waals surface area contributed by atoms with Gasteiger partial charge in [0.05, 0.1) is 33.3 Å². The quantitative estimate of drug-likeness (QED) is 0.311. The van der Waals surface area contributed by atoms with E-state index in [2.05, 4.69) is 25.2 Å². The number of hydrogen-bond donors (Lipinski definition) is 4. The number of H-pyrrole nitrogens is 1. The number of para-hydroxylation sites is 1. The van der Waals surface area contributed by atoms with E-state index in [1.807, 2.05) is 0 Å². The number of rotatable bonds is 7. The molecule has 36 heavy (non-hydrogen) atoms. The average Bonchev–Trinajstić information content (AvgIpc) is 3.42. The molecule has 0 atom stereocenters. The van der Waals surface area contributed by atoms with Gasteiger partial charge < -0.3 is 16.5 Å². The number of primary amides is 1. The molecule has 0 spiro atoms. The number of aliphatic imine (C=N–C) groups is 1. The van der Waals surface area contributed by atoms with Crippen LogP contribution in [-0.2, 0) is 24.7 Å². The van der Waals surface area contributed by atoms with Crippen LogP contribution >= 0.6 is 0 Å². The maximum atomic E-state index is 13.6. The predicted molar refractivity (Wildman–Crippen MR) is 130 cm³/mol. The second kappa shape index (κ2) is 8.44. The first-order valence-corrected chi connectivity index (χ1v) is 13.7. The van der Waals surface area contributed by atoms with E-state index in [-0.39, 0.29) is 43.7 Å². The second-order valence-electron chi connectivity index (χ2n) is 8.38. The number of anilines is 1. The molecule has 0 radical (unpaired) electrons. The minimum Gasteiger partial charge on any atom is -0.369 e. The molecule has 5 rings (SSSR count). The van der Waals surface area contributed by atoms with Crippen LogP contribution in [0.3, 0.4) is 0 Å². The molecule has 16 heteroatoms. The van der Waals surface area contributed by atoms with E-state index in [0.717, 1.165) is 0 Å². The number of nitrogen functional groups attached to an aromatic ring is 1. The number of sulfone groups is 1. The Morgan fingerprint density at radius 3 is 2.50 bits per heavy atom. The molecule has 1 amide bonds. The van der Waals surface area contributed by atoms with Gasteiger partial charge in [0, 0.05) is 18.7 Å². The molecule has 1 aromatic heterocycles. The first kappa shape index (κ1) is 24.0. The van der Waals surface area contributed by atoms with Crippen molar-refractivity contribution in [3.8, 4) is 11.1 Å². The Labute approximate surface area is 205 Å². The van der Waals surface area contributed by atoms with Crippen LogP contribution in [0.5, 0.6) is 0 Å². The number of amidine groups is 1. The van der Waals surface area contributed by atoms with Gasteiger partial charge in [-0.25, -0.2) is 32.0 Å². The fraction of sp³-hybridized carbons (Fsp3) is 0.250. The van der Waals surface area contributed by atoms with E-state index < -0.39 is 40.8 Å². The van der Waals surface area contributed by atoms with Crippen LogP contribution in [0.1, 0.15) is 5.56 Å². The van der Waals surface area contributed by atoms with Crippen molar-refractivity contribution < 1.29 is 21.6 Å². The third kappa shape index (κ3) is 4.02. The summed E-state index contributed by atoms with van der Waals surface area (Å²) < 4.78 is 53.0. The largest absolute Gasteiger partial charge is 0.369 e. The summed E-state index contributed by atoms with van der Waals surface area (Å²) in [6.45, 7) is -0.135. The van der Waals surface area contributed by atoms with Crippen LogP contribution in [0.2, 0.25) is 0 Å². The molecular formula is C20H21N9O5S2. The number of nitrogens with two attached hydrogens (primary N) is 3. The minimum atomic E-state index is -4.62. The van der Waals surface area contributed by atoms with Crippen molar-refractivity contribution in [3.63, 3.8) is 0 Å². The Hall–Kier alpha value is -3.73. The van der Waals surface area contributed by atoms with Gasteiger partial charge in [0.2, 0.25) is 15.9 Å². The van der Waals surface area contributed by atoms with Crippen LogP contribution in [0.25, 0.3) is 22.2 Å². The fourth-order valence-electron chi connectivity index (χ4n) is 4.39. The van der Waals surface area contributed by atoms with Crippen LogP contribution in [0, 0.1) is 0 Å². The van der Waals surface area contributed by atoms with Gasteiger partial charge in [-0.05, 0) is 17.7 Å². The fourth-order valence-corrected chi connectivity index (χ4v) is 7.71. The number of imidazole rings is 1. The van der Waals surface area contributed by atoms with Gasteiger partial charge in [-0.2, -0.15) is 5.11 Å². The van der Waals surface area contributed by atoms with E-state index in [9.17, 15) is 21.6 Å². The number of amides is 1. The lowest BCUT2D eigenvalue weighted by atomic mass is 9.97. The monoisotopic (exact) mass is 531 g/mol. The SMILES string of the molecule is NC(=O)CN1CC(S(=O)(=O)c2ccc(-c3cccc4[nH]c(N)nc34)c(C3=NCN=N3)c2S(N)(=O)=O)C1. The van der Waals surface area contributed by atoms with Crippen LogP contribution in [0.4, 0.5) is 5.95 Å². The van der Waals surface area contributed by atoms with Crippen molar-refractivity contribution in [1.29, 1.82) is 0 Å². The maximum absolute atomic E-state index is 13.6. The predicted octanol–water partition coefficient (Wildman–Crippen LogP) is -0.427. The van der Waals surface area contributed by atoms with Crippen molar-refractivity contribution in [3.05, 3.63) is 35.9 Å². The lowest BCUT2D eigenvalue weighted by molar-refractivity contribution is -0.119. The van der Waals surface area contributed by atoms with Gasteiger partial charge in [0.15, 0.2) is 28.3 Å². The molecule has 188 valence electrons. The summed E-state index contributed by atoms with van der Waals surface area (Å²) in [7, 11) is -8.81.